The molecule has 1 N–H and O–H groups in total. The maximum absolute atomic E-state index is 12.3. The molecule has 0 heterocycles. The highest BCUT2D eigenvalue weighted by molar-refractivity contribution is 7.92. The third-order valence-electron chi connectivity index (χ3n) is 3.77. The molecule has 2 aromatic rings. The van der Waals surface area contributed by atoms with Crippen LogP contribution in [0.2, 0.25) is 0 Å². The molecule has 2 rings (SSSR count). The van der Waals surface area contributed by atoms with Crippen LogP contribution in [0.5, 0.6) is 5.75 Å². The summed E-state index contributed by atoms with van der Waals surface area (Å²) in [5.41, 5.74) is 2.17. The predicted molar refractivity (Wildman–Crippen MR) is 103 cm³/mol. The number of carbonyl (C=O) groups excluding carboxylic acids is 1. The topological polar surface area (TPSA) is 75.7 Å². The summed E-state index contributed by atoms with van der Waals surface area (Å²) in [5, 5.41) is 2.76. The van der Waals surface area contributed by atoms with Crippen LogP contribution in [-0.2, 0) is 21.4 Å². The Morgan fingerprint density at radius 1 is 1.15 bits per heavy atom. The fourth-order valence-corrected chi connectivity index (χ4v) is 3.44. The number of benzene rings is 2. The zero-order valence-corrected chi connectivity index (χ0v) is 16.0. The lowest BCUT2D eigenvalue weighted by Crippen LogP contribution is -2.40. The molecule has 1 amide bonds. The molecule has 0 atom stereocenters. The summed E-state index contributed by atoms with van der Waals surface area (Å²) in [5.74, 6) is 0.359. The predicted octanol–water partition coefficient (Wildman–Crippen LogP) is 2.48. The molecule has 6 nitrogen and oxygen atoms in total. The van der Waals surface area contributed by atoms with Crippen molar-refractivity contribution in [2.24, 2.45) is 0 Å². The van der Waals surface area contributed by atoms with E-state index in [0.29, 0.717) is 18.8 Å². The number of aryl methyl sites for hydroxylation is 1. The van der Waals surface area contributed by atoms with Crippen LogP contribution in [0.15, 0.2) is 48.5 Å². The zero-order valence-electron chi connectivity index (χ0n) is 15.2. The molecule has 0 fully saturated rings. The van der Waals surface area contributed by atoms with Gasteiger partial charge in [0.15, 0.2) is 0 Å². The molecule has 140 valence electrons. The molecule has 0 saturated heterocycles. The monoisotopic (exact) mass is 376 g/mol. The number of hydrogen-bond donors (Lipinski definition) is 1. The highest BCUT2D eigenvalue weighted by atomic mass is 32.2. The summed E-state index contributed by atoms with van der Waals surface area (Å²) < 4.78 is 30.8. The first-order valence-corrected chi connectivity index (χ1v) is 10.2. The molecule has 0 unspecified atom stereocenters. The Kier molecular flexibility index (Phi) is 6.63. The fourth-order valence-electron chi connectivity index (χ4n) is 2.52. The van der Waals surface area contributed by atoms with Gasteiger partial charge in [0.25, 0.3) is 0 Å². The molecule has 0 radical (unpaired) electrons. The van der Waals surface area contributed by atoms with Gasteiger partial charge in [-0.15, -0.1) is 0 Å². The van der Waals surface area contributed by atoms with Crippen molar-refractivity contribution in [1.29, 1.82) is 0 Å². The second-order valence-corrected chi connectivity index (χ2v) is 7.82. The minimum atomic E-state index is -3.58. The van der Waals surface area contributed by atoms with Crippen LogP contribution >= 0.6 is 0 Å². The Bertz CT molecular complexity index is 865. The SMILES string of the molecule is CCOc1cccc(CNC(=O)CN(c2ccccc2C)S(C)(=O)=O)c1. The first kappa shape index (κ1) is 19.8. The van der Waals surface area contributed by atoms with Gasteiger partial charge in [-0.2, -0.15) is 0 Å². The van der Waals surface area contributed by atoms with Crippen LogP contribution < -0.4 is 14.4 Å². The molecule has 0 aliphatic carbocycles. The first-order valence-electron chi connectivity index (χ1n) is 8.33. The van der Waals surface area contributed by atoms with Crippen LogP contribution in [-0.4, -0.2) is 33.7 Å². The summed E-state index contributed by atoms with van der Waals surface area (Å²) in [6.07, 6.45) is 1.10. The second kappa shape index (κ2) is 8.71. The first-order chi connectivity index (χ1) is 12.3. The number of rotatable bonds is 8. The maximum atomic E-state index is 12.3. The minimum Gasteiger partial charge on any atom is -0.494 e. The number of hydrogen-bond acceptors (Lipinski definition) is 4. The van der Waals surface area contributed by atoms with Crippen molar-refractivity contribution in [2.75, 3.05) is 23.7 Å². The third kappa shape index (κ3) is 5.49. The number of amides is 1. The van der Waals surface area contributed by atoms with Crippen molar-refractivity contribution >= 4 is 21.6 Å². The lowest BCUT2D eigenvalue weighted by atomic mass is 10.2. The zero-order chi connectivity index (χ0) is 19.2. The normalized spacial score (nSPS) is 11.0. The highest BCUT2D eigenvalue weighted by Gasteiger charge is 2.21. The van der Waals surface area contributed by atoms with E-state index in [2.05, 4.69) is 5.32 Å². The van der Waals surface area contributed by atoms with E-state index >= 15 is 0 Å². The van der Waals surface area contributed by atoms with Crippen molar-refractivity contribution in [1.82, 2.24) is 5.32 Å². The van der Waals surface area contributed by atoms with Crippen LogP contribution in [0, 0.1) is 6.92 Å². The van der Waals surface area contributed by atoms with Crippen LogP contribution in [0.4, 0.5) is 5.69 Å². The van der Waals surface area contributed by atoms with Crippen molar-refractivity contribution in [3.63, 3.8) is 0 Å². The number of nitrogens with one attached hydrogen (secondary N) is 1. The molecular weight excluding hydrogens is 352 g/mol. The number of para-hydroxylation sites is 1. The number of carbonyl (C=O) groups is 1. The lowest BCUT2D eigenvalue weighted by Gasteiger charge is -2.23. The van der Waals surface area contributed by atoms with Gasteiger partial charge in [-0.1, -0.05) is 30.3 Å². The van der Waals surface area contributed by atoms with Gasteiger partial charge < -0.3 is 10.1 Å². The molecule has 0 saturated carbocycles. The van der Waals surface area contributed by atoms with Gasteiger partial charge >= 0.3 is 0 Å². The van der Waals surface area contributed by atoms with Gasteiger partial charge in [-0.3, -0.25) is 9.10 Å². The second-order valence-electron chi connectivity index (χ2n) is 5.91. The lowest BCUT2D eigenvalue weighted by molar-refractivity contribution is -0.119. The van der Waals surface area contributed by atoms with E-state index < -0.39 is 10.0 Å². The average molecular weight is 376 g/mol. The summed E-state index contributed by atoms with van der Waals surface area (Å²) >= 11 is 0. The van der Waals surface area contributed by atoms with E-state index in [1.807, 2.05) is 50.2 Å². The van der Waals surface area contributed by atoms with Gasteiger partial charge in [0.1, 0.15) is 12.3 Å². The van der Waals surface area contributed by atoms with Gasteiger partial charge in [0, 0.05) is 6.54 Å². The Hall–Kier alpha value is -2.54. The standard InChI is InChI=1S/C19H24N2O4S/c1-4-25-17-10-7-9-16(12-17)13-20-19(22)14-21(26(3,23)24)18-11-6-5-8-15(18)2/h5-12H,4,13-14H2,1-3H3,(H,20,22). The van der Waals surface area contributed by atoms with Crippen LogP contribution in [0.25, 0.3) is 0 Å². The molecule has 0 aromatic heterocycles. The molecule has 0 spiro atoms. The molecule has 0 aliphatic rings. The Balaban J connectivity index is 2.06. The van der Waals surface area contributed by atoms with E-state index in [1.165, 1.54) is 0 Å². The fraction of sp³-hybridized carbons (Fsp3) is 0.316. The quantitative estimate of drug-likeness (QED) is 0.768. The highest BCUT2D eigenvalue weighted by Crippen LogP contribution is 2.21. The van der Waals surface area contributed by atoms with Crippen LogP contribution in [0.1, 0.15) is 18.1 Å². The summed E-state index contributed by atoms with van der Waals surface area (Å²) in [7, 11) is -3.58. The van der Waals surface area contributed by atoms with E-state index in [9.17, 15) is 13.2 Å². The van der Waals surface area contributed by atoms with Crippen molar-refractivity contribution in [3.8, 4) is 5.75 Å². The Labute approximate surface area is 154 Å². The van der Waals surface area contributed by atoms with Crippen molar-refractivity contribution in [3.05, 3.63) is 59.7 Å². The molecule has 2 aromatic carbocycles. The number of sulfonamides is 1. The maximum Gasteiger partial charge on any atom is 0.241 e. The third-order valence-corrected chi connectivity index (χ3v) is 4.90. The largest absolute Gasteiger partial charge is 0.494 e. The Morgan fingerprint density at radius 3 is 2.54 bits per heavy atom. The minimum absolute atomic E-state index is 0.269. The van der Waals surface area contributed by atoms with Crippen molar-refractivity contribution in [2.45, 2.75) is 20.4 Å². The van der Waals surface area contributed by atoms with E-state index in [4.69, 9.17) is 4.74 Å². The summed E-state index contributed by atoms with van der Waals surface area (Å²) in [6, 6.07) is 14.5. The van der Waals surface area contributed by atoms with Gasteiger partial charge in [-0.25, -0.2) is 8.42 Å². The molecule has 0 bridgehead atoms. The Morgan fingerprint density at radius 2 is 1.88 bits per heavy atom. The van der Waals surface area contributed by atoms with E-state index in [-0.39, 0.29) is 12.5 Å². The number of anilines is 1. The summed E-state index contributed by atoms with van der Waals surface area (Å²) in [4.78, 5) is 12.3. The summed E-state index contributed by atoms with van der Waals surface area (Å²) in [6.45, 7) is 4.31. The number of nitrogens with zero attached hydrogens (tertiary/aromatic N) is 1. The van der Waals surface area contributed by atoms with E-state index in [1.54, 1.807) is 12.1 Å². The molecular formula is C19H24N2O4S. The van der Waals surface area contributed by atoms with Gasteiger partial charge in [0.05, 0.1) is 18.6 Å². The smallest absolute Gasteiger partial charge is 0.241 e. The average Bonchev–Trinajstić information content (AvgIpc) is 2.58. The molecule has 7 heteroatoms. The van der Waals surface area contributed by atoms with Crippen LogP contribution in [0.3, 0.4) is 0 Å². The van der Waals surface area contributed by atoms with Gasteiger partial charge in [-0.05, 0) is 43.2 Å². The number of ether oxygens (including phenoxy) is 1. The van der Waals surface area contributed by atoms with Gasteiger partial charge in [0.2, 0.25) is 15.9 Å². The van der Waals surface area contributed by atoms with E-state index in [0.717, 1.165) is 27.4 Å². The molecule has 26 heavy (non-hydrogen) atoms. The molecule has 0 aliphatic heterocycles. The van der Waals surface area contributed by atoms with Crippen molar-refractivity contribution < 1.29 is 17.9 Å².